The number of amides is 1. The zero-order chi connectivity index (χ0) is 16.0. The molecule has 1 heterocycles. The Morgan fingerprint density at radius 3 is 2.57 bits per heavy atom. The monoisotopic (exact) mass is 311 g/mol. The Morgan fingerprint density at radius 2 is 2.05 bits per heavy atom. The third kappa shape index (κ3) is 5.92. The van der Waals surface area contributed by atoms with Crippen LogP contribution in [0.1, 0.15) is 51.3 Å². The van der Waals surface area contributed by atoms with E-state index in [2.05, 4.69) is 24.3 Å². The lowest BCUT2D eigenvalue weighted by Gasteiger charge is -2.13. The van der Waals surface area contributed by atoms with E-state index >= 15 is 0 Å². The van der Waals surface area contributed by atoms with Crippen molar-refractivity contribution >= 4 is 23.6 Å². The first-order chi connectivity index (χ1) is 9.81. The first-order valence-corrected chi connectivity index (χ1v) is 7.86. The molecule has 1 N–H and O–H groups in total. The number of hydrogen-bond donors (Lipinski definition) is 1. The summed E-state index contributed by atoms with van der Waals surface area (Å²) in [6.45, 7) is 8.34. The van der Waals surface area contributed by atoms with E-state index < -0.39 is 0 Å². The van der Waals surface area contributed by atoms with Crippen LogP contribution in [-0.4, -0.2) is 21.7 Å². The number of carbonyl (C=O) groups is 1. The molecule has 0 fully saturated rings. The number of hydrogen-bond acceptors (Lipinski definition) is 2. The van der Waals surface area contributed by atoms with Crippen LogP contribution in [0.2, 0.25) is 5.15 Å². The van der Waals surface area contributed by atoms with Gasteiger partial charge < -0.3 is 5.32 Å². The van der Waals surface area contributed by atoms with Crippen LogP contribution in [0, 0.1) is 12.8 Å². The molecule has 1 rings (SSSR count). The van der Waals surface area contributed by atoms with Gasteiger partial charge in [-0.3, -0.25) is 9.48 Å². The summed E-state index contributed by atoms with van der Waals surface area (Å²) in [7, 11) is 1.78. The normalized spacial score (nSPS) is 13.1. The first kappa shape index (κ1) is 17.8. The van der Waals surface area contributed by atoms with Gasteiger partial charge in [0.05, 0.1) is 5.69 Å². The van der Waals surface area contributed by atoms with Crippen molar-refractivity contribution in [2.75, 3.05) is 0 Å². The summed E-state index contributed by atoms with van der Waals surface area (Å²) in [4.78, 5) is 11.9. The van der Waals surface area contributed by atoms with Crippen molar-refractivity contribution in [1.82, 2.24) is 15.1 Å². The summed E-state index contributed by atoms with van der Waals surface area (Å²) >= 11 is 6.12. The van der Waals surface area contributed by atoms with Crippen molar-refractivity contribution in [3.05, 3.63) is 22.5 Å². The smallest absolute Gasteiger partial charge is 0.244 e. The molecule has 1 atom stereocenters. The Kier molecular flexibility index (Phi) is 6.96. The SMILES string of the molecule is Cc1nn(C)c(Cl)c1/C=C/C(=O)NC(C)CCCC(C)C. The molecule has 0 saturated carbocycles. The second kappa shape index (κ2) is 8.23. The maximum atomic E-state index is 11.9. The lowest BCUT2D eigenvalue weighted by molar-refractivity contribution is -0.117. The second-order valence-corrected chi connectivity index (χ2v) is 6.34. The lowest BCUT2D eigenvalue weighted by atomic mass is 10.0. The first-order valence-electron chi connectivity index (χ1n) is 7.49. The van der Waals surface area contributed by atoms with Crippen molar-refractivity contribution in [3.8, 4) is 0 Å². The van der Waals surface area contributed by atoms with Gasteiger partial charge in [-0.1, -0.05) is 38.3 Å². The molecule has 1 amide bonds. The summed E-state index contributed by atoms with van der Waals surface area (Å²) in [5.41, 5.74) is 1.61. The van der Waals surface area contributed by atoms with Gasteiger partial charge in [-0.05, 0) is 32.3 Å². The molecule has 0 saturated heterocycles. The highest BCUT2D eigenvalue weighted by atomic mass is 35.5. The minimum atomic E-state index is -0.0913. The molecule has 0 aliphatic heterocycles. The topological polar surface area (TPSA) is 46.9 Å². The summed E-state index contributed by atoms with van der Waals surface area (Å²) in [5, 5.41) is 7.72. The Hall–Kier alpha value is -1.29. The van der Waals surface area contributed by atoms with Gasteiger partial charge in [0, 0.05) is 24.7 Å². The Balaban J connectivity index is 2.47. The summed E-state index contributed by atoms with van der Waals surface area (Å²) in [6, 6.07) is 0.186. The van der Waals surface area contributed by atoms with Gasteiger partial charge in [0.25, 0.3) is 0 Å². The number of nitrogens with one attached hydrogen (secondary N) is 1. The van der Waals surface area contributed by atoms with Crippen molar-refractivity contribution in [2.24, 2.45) is 13.0 Å². The molecule has 1 unspecified atom stereocenters. The molecular formula is C16H26ClN3O. The molecule has 0 aliphatic rings. The highest BCUT2D eigenvalue weighted by Gasteiger charge is 2.09. The van der Waals surface area contributed by atoms with E-state index in [4.69, 9.17) is 11.6 Å². The van der Waals surface area contributed by atoms with E-state index in [1.807, 2.05) is 13.8 Å². The molecule has 0 bridgehead atoms. The largest absolute Gasteiger partial charge is 0.350 e. The molecule has 1 aromatic heterocycles. The number of halogens is 1. The van der Waals surface area contributed by atoms with Crippen LogP contribution in [0.5, 0.6) is 0 Å². The maximum Gasteiger partial charge on any atom is 0.244 e. The Morgan fingerprint density at radius 1 is 1.38 bits per heavy atom. The van der Waals surface area contributed by atoms with E-state index in [0.717, 1.165) is 24.1 Å². The molecule has 0 radical (unpaired) electrons. The van der Waals surface area contributed by atoms with Gasteiger partial charge in [-0.25, -0.2) is 0 Å². The zero-order valence-corrected chi connectivity index (χ0v) is 14.4. The van der Waals surface area contributed by atoms with Crippen molar-refractivity contribution < 1.29 is 4.79 Å². The summed E-state index contributed by atoms with van der Waals surface area (Å²) < 4.78 is 1.60. The quantitative estimate of drug-likeness (QED) is 0.780. The Labute approximate surface area is 132 Å². The van der Waals surface area contributed by atoms with Gasteiger partial charge in [-0.2, -0.15) is 5.10 Å². The van der Waals surface area contributed by atoms with E-state index in [9.17, 15) is 4.79 Å². The van der Waals surface area contributed by atoms with E-state index in [0.29, 0.717) is 11.1 Å². The molecule has 0 aromatic carbocycles. The highest BCUT2D eigenvalue weighted by Crippen LogP contribution is 2.19. The van der Waals surface area contributed by atoms with Crippen LogP contribution in [0.25, 0.3) is 6.08 Å². The van der Waals surface area contributed by atoms with Crippen LogP contribution in [0.3, 0.4) is 0 Å². The molecule has 0 spiro atoms. The lowest BCUT2D eigenvalue weighted by Crippen LogP contribution is -2.31. The zero-order valence-electron chi connectivity index (χ0n) is 13.6. The van der Waals surface area contributed by atoms with Crippen LogP contribution in [0.4, 0.5) is 0 Å². The molecule has 4 nitrogen and oxygen atoms in total. The van der Waals surface area contributed by atoms with Crippen LogP contribution in [0.15, 0.2) is 6.08 Å². The van der Waals surface area contributed by atoms with Crippen LogP contribution in [-0.2, 0) is 11.8 Å². The van der Waals surface area contributed by atoms with Crippen molar-refractivity contribution in [2.45, 2.75) is 53.0 Å². The number of aromatic nitrogens is 2. The minimum Gasteiger partial charge on any atom is -0.350 e. The number of carbonyl (C=O) groups excluding carboxylic acids is 1. The average Bonchev–Trinajstić information content (AvgIpc) is 2.60. The van der Waals surface area contributed by atoms with Gasteiger partial charge in [-0.15, -0.1) is 0 Å². The minimum absolute atomic E-state index is 0.0913. The molecule has 118 valence electrons. The standard InChI is InChI=1S/C16H26ClN3O/c1-11(2)7-6-8-12(3)18-15(21)10-9-14-13(4)19-20(5)16(14)17/h9-12H,6-8H2,1-5H3,(H,18,21)/b10-9+. The van der Waals surface area contributed by atoms with E-state index in [1.165, 1.54) is 12.5 Å². The number of aryl methyl sites for hydroxylation is 2. The third-order valence-corrected chi connectivity index (χ3v) is 3.85. The summed E-state index contributed by atoms with van der Waals surface area (Å²) in [6.07, 6.45) is 6.58. The van der Waals surface area contributed by atoms with Crippen LogP contribution < -0.4 is 5.32 Å². The fourth-order valence-electron chi connectivity index (χ4n) is 2.19. The van der Waals surface area contributed by atoms with E-state index in [-0.39, 0.29) is 11.9 Å². The van der Waals surface area contributed by atoms with E-state index in [1.54, 1.807) is 17.8 Å². The maximum absolute atomic E-state index is 11.9. The fourth-order valence-corrected chi connectivity index (χ4v) is 2.43. The fraction of sp³-hybridized carbons (Fsp3) is 0.625. The molecular weight excluding hydrogens is 286 g/mol. The van der Waals surface area contributed by atoms with Gasteiger partial charge in [0.1, 0.15) is 5.15 Å². The third-order valence-electron chi connectivity index (χ3n) is 3.40. The summed E-state index contributed by atoms with van der Waals surface area (Å²) in [5.74, 6) is 0.620. The van der Waals surface area contributed by atoms with Crippen molar-refractivity contribution in [3.63, 3.8) is 0 Å². The average molecular weight is 312 g/mol. The van der Waals surface area contributed by atoms with Gasteiger partial charge in [0.15, 0.2) is 0 Å². The van der Waals surface area contributed by atoms with Crippen molar-refractivity contribution in [1.29, 1.82) is 0 Å². The molecule has 5 heteroatoms. The number of rotatable bonds is 7. The van der Waals surface area contributed by atoms with Gasteiger partial charge >= 0.3 is 0 Å². The number of nitrogens with zero attached hydrogens (tertiary/aromatic N) is 2. The van der Waals surface area contributed by atoms with Gasteiger partial charge in [0.2, 0.25) is 5.91 Å². The molecule has 0 aliphatic carbocycles. The highest BCUT2D eigenvalue weighted by molar-refractivity contribution is 6.31. The predicted molar refractivity (Wildman–Crippen MR) is 88.3 cm³/mol. The van der Waals surface area contributed by atoms with Crippen LogP contribution >= 0.6 is 11.6 Å². The Bertz CT molecular complexity index is 506. The molecule has 1 aromatic rings. The molecule has 21 heavy (non-hydrogen) atoms. The predicted octanol–water partition coefficient (Wildman–Crippen LogP) is 3.73. The second-order valence-electron chi connectivity index (χ2n) is 5.98.